The number of hydrogen-bond acceptors (Lipinski definition) is 3. The van der Waals surface area contributed by atoms with Gasteiger partial charge in [0, 0.05) is 23.8 Å². The Bertz CT molecular complexity index is 792. The molecule has 0 atom stereocenters. The van der Waals surface area contributed by atoms with E-state index in [1.54, 1.807) is 17.0 Å². The van der Waals surface area contributed by atoms with E-state index in [0.29, 0.717) is 12.3 Å². The first-order valence-corrected chi connectivity index (χ1v) is 9.51. The van der Waals surface area contributed by atoms with Crippen LogP contribution in [-0.2, 0) is 11.2 Å². The van der Waals surface area contributed by atoms with Crippen LogP contribution in [0.5, 0.6) is 0 Å². The number of rotatable bonds is 3. The molecule has 4 rings (SSSR count). The number of anilines is 2. The maximum absolute atomic E-state index is 12.7. The number of aryl methyl sites for hydroxylation is 1. The lowest BCUT2D eigenvalue weighted by atomic mass is 9.88. The molecule has 0 spiro atoms. The molecule has 1 fully saturated rings. The Balaban J connectivity index is 1.51. The van der Waals surface area contributed by atoms with Gasteiger partial charge in [-0.2, -0.15) is 0 Å². The van der Waals surface area contributed by atoms with E-state index in [4.69, 9.17) is 4.42 Å². The molecular formula is C21H24N2O3. The molecule has 0 saturated heterocycles. The molecule has 2 heterocycles. The van der Waals surface area contributed by atoms with Crippen LogP contribution in [0.1, 0.15) is 54.6 Å². The van der Waals surface area contributed by atoms with E-state index in [0.717, 1.165) is 55.5 Å². The molecule has 1 N–H and O–H groups in total. The van der Waals surface area contributed by atoms with Gasteiger partial charge in [0.05, 0.1) is 6.26 Å². The predicted molar refractivity (Wildman–Crippen MR) is 100 cm³/mol. The lowest BCUT2D eigenvalue weighted by Gasteiger charge is -2.29. The van der Waals surface area contributed by atoms with Gasteiger partial charge in [-0.25, -0.2) is 0 Å². The predicted octanol–water partition coefficient (Wildman–Crippen LogP) is 4.39. The zero-order valence-corrected chi connectivity index (χ0v) is 14.9. The van der Waals surface area contributed by atoms with Crippen molar-refractivity contribution >= 4 is 23.2 Å². The lowest BCUT2D eigenvalue weighted by molar-refractivity contribution is -0.120. The van der Waals surface area contributed by atoms with Gasteiger partial charge in [-0.05, 0) is 61.6 Å². The molecule has 136 valence electrons. The highest BCUT2D eigenvalue weighted by Crippen LogP contribution is 2.32. The van der Waals surface area contributed by atoms with E-state index in [2.05, 4.69) is 5.32 Å². The second-order valence-corrected chi connectivity index (χ2v) is 7.21. The van der Waals surface area contributed by atoms with Crippen LogP contribution in [0.4, 0.5) is 11.4 Å². The van der Waals surface area contributed by atoms with E-state index in [9.17, 15) is 9.59 Å². The summed E-state index contributed by atoms with van der Waals surface area (Å²) in [7, 11) is 0. The van der Waals surface area contributed by atoms with Crippen molar-refractivity contribution in [1.82, 2.24) is 0 Å². The van der Waals surface area contributed by atoms with E-state index < -0.39 is 0 Å². The van der Waals surface area contributed by atoms with Crippen LogP contribution in [0.15, 0.2) is 41.0 Å². The molecule has 1 aliphatic heterocycles. The van der Waals surface area contributed by atoms with E-state index in [1.807, 2.05) is 18.2 Å². The molecular weight excluding hydrogens is 328 g/mol. The van der Waals surface area contributed by atoms with Gasteiger partial charge in [-0.1, -0.05) is 19.3 Å². The van der Waals surface area contributed by atoms with Gasteiger partial charge in [0.25, 0.3) is 5.91 Å². The van der Waals surface area contributed by atoms with Crippen molar-refractivity contribution in [1.29, 1.82) is 0 Å². The maximum Gasteiger partial charge on any atom is 0.293 e. The van der Waals surface area contributed by atoms with Crippen molar-refractivity contribution < 1.29 is 14.0 Å². The number of carbonyl (C=O) groups excluding carboxylic acids is 2. The summed E-state index contributed by atoms with van der Waals surface area (Å²) < 4.78 is 5.26. The molecule has 0 radical (unpaired) electrons. The van der Waals surface area contributed by atoms with Crippen LogP contribution >= 0.6 is 0 Å². The zero-order valence-electron chi connectivity index (χ0n) is 14.9. The molecule has 2 aliphatic rings. The van der Waals surface area contributed by atoms with Crippen LogP contribution in [0.2, 0.25) is 0 Å². The molecule has 1 saturated carbocycles. The number of nitrogens with zero attached hydrogens (tertiary/aromatic N) is 1. The smallest absolute Gasteiger partial charge is 0.293 e. The Morgan fingerprint density at radius 3 is 2.69 bits per heavy atom. The average Bonchev–Trinajstić information content (AvgIpc) is 3.22. The average molecular weight is 352 g/mol. The zero-order chi connectivity index (χ0) is 17.9. The van der Waals surface area contributed by atoms with Crippen molar-refractivity contribution in [3.8, 4) is 0 Å². The third-order valence-corrected chi connectivity index (χ3v) is 5.42. The fourth-order valence-electron chi connectivity index (χ4n) is 4.03. The SMILES string of the molecule is O=C(Nc1ccc2c(c1)CCCN2C(=O)c1ccco1)C1CCCCC1. The Hall–Kier alpha value is -2.56. The Morgan fingerprint density at radius 1 is 1.08 bits per heavy atom. The molecule has 2 amide bonds. The van der Waals surface area contributed by atoms with Gasteiger partial charge in [0.2, 0.25) is 5.91 Å². The fourth-order valence-corrected chi connectivity index (χ4v) is 4.03. The maximum atomic E-state index is 12.7. The van der Waals surface area contributed by atoms with Crippen molar-refractivity contribution in [2.45, 2.75) is 44.9 Å². The van der Waals surface area contributed by atoms with Crippen molar-refractivity contribution in [2.24, 2.45) is 5.92 Å². The quantitative estimate of drug-likeness (QED) is 0.891. The van der Waals surface area contributed by atoms with Gasteiger partial charge >= 0.3 is 0 Å². The minimum Gasteiger partial charge on any atom is -0.459 e. The summed E-state index contributed by atoms with van der Waals surface area (Å²) in [4.78, 5) is 26.9. The van der Waals surface area contributed by atoms with Crippen molar-refractivity contribution in [3.05, 3.63) is 47.9 Å². The van der Waals surface area contributed by atoms with Crippen molar-refractivity contribution in [3.63, 3.8) is 0 Å². The highest BCUT2D eigenvalue weighted by Gasteiger charge is 2.26. The van der Waals surface area contributed by atoms with Gasteiger partial charge < -0.3 is 14.6 Å². The normalized spacial score (nSPS) is 17.6. The number of amides is 2. The Kier molecular flexibility index (Phi) is 4.78. The number of hydrogen-bond donors (Lipinski definition) is 1. The molecule has 1 aromatic heterocycles. The summed E-state index contributed by atoms with van der Waals surface area (Å²) in [6.45, 7) is 0.681. The molecule has 2 aromatic rings. The van der Waals surface area contributed by atoms with Crippen LogP contribution in [-0.4, -0.2) is 18.4 Å². The number of fused-ring (bicyclic) bond motifs is 1. The molecule has 26 heavy (non-hydrogen) atoms. The summed E-state index contributed by atoms with van der Waals surface area (Å²) in [5.74, 6) is 0.503. The van der Waals surface area contributed by atoms with Crippen LogP contribution < -0.4 is 10.2 Å². The number of carbonyl (C=O) groups is 2. The minimum atomic E-state index is -0.116. The monoisotopic (exact) mass is 352 g/mol. The topological polar surface area (TPSA) is 62.6 Å². The first kappa shape index (κ1) is 16.9. The molecule has 0 unspecified atom stereocenters. The lowest BCUT2D eigenvalue weighted by Crippen LogP contribution is -2.35. The highest BCUT2D eigenvalue weighted by molar-refractivity contribution is 6.05. The number of nitrogens with one attached hydrogen (secondary N) is 1. The molecule has 5 heteroatoms. The number of benzene rings is 1. The first-order valence-electron chi connectivity index (χ1n) is 9.51. The number of furan rings is 1. The molecule has 1 aliphatic carbocycles. The second kappa shape index (κ2) is 7.36. The Labute approximate surface area is 153 Å². The van der Waals surface area contributed by atoms with E-state index >= 15 is 0 Å². The third-order valence-electron chi connectivity index (χ3n) is 5.42. The van der Waals surface area contributed by atoms with Crippen LogP contribution in [0.25, 0.3) is 0 Å². The van der Waals surface area contributed by atoms with Gasteiger partial charge in [-0.15, -0.1) is 0 Å². The van der Waals surface area contributed by atoms with Gasteiger partial charge in [-0.3, -0.25) is 9.59 Å². The van der Waals surface area contributed by atoms with E-state index in [1.165, 1.54) is 12.7 Å². The largest absolute Gasteiger partial charge is 0.459 e. The van der Waals surface area contributed by atoms with Crippen molar-refractivity contribution in [2.75, 3.05) is 16.8 Å². The fraction of sp³-hybridized carbons (Fsp3) is 0.429. The summed E-state index contributed by atoms with van der Waals surface area (Å²) in [6, 6.07) is 9.26. The summed E-state index contributed by atoms with van der Waals surface area (Å²) in [6.07, 6.45) is 8.83. The first-order chi connectivity index (χ1) is 12.7. The summed E-state index contributed by atoms with van der Waals surface area (Å²) in [5, 5.41) is 3.07. The highest BCUT2D eigenvalue weighted by atomic mass is 16.3. The van der Waals surface area contributed by atoms with Crippen LogP contribution in [0, 0.1) is 5.92 Å². The minimum absolute atomic E-state index is 0.116. The third kappa shape index (κ3) is 3.39. The molecule has 0 bridgehead atoms. The van der Waals surface area contributed by atoms with Gasteiger partial charge in [0.15, 0.2) is 5.76 Å². The van der Waals surface area contributed by atoms with Crippen LogP contribution in [0.3, 0.4) is 0 Å². The summed E-state index contributed by atoms with van der Waals surface area (Å²) >= 11 is 0. The second-order valence-electron chi connectivity index (χ2n) is 7.21. The van der Waals surface area contributed by atoms with Gasteiger partial charge in [0.1, 0.15) is 0 Å². The standard InChI is InChI=1S/C21H24N2O3/c24-20(15-6-2-1-3-7-15)22-17-10-11-18-16(14-17)8-4-12-23(18)21(25)19-9-5-13-26-19/h5,9-11,13-15H,1-4,6-8,12H2,(H,22,24). The summed E-state index contributed by atoms with van der Waals surface area (Å²) in [5.41, 5.74) is 2.83. The molecule has 5 nitrogen and oxygen atoms in total. The Morgan fingerprint density at radius 2 is 1.92 bits per heavy atom. The molecule has 1 aromatic carbocycles. The van der Waals surface area contributed by atoms with E-state index in [-0.39, 0.29) is 17.7 Å².